The Bertz CT molecular complexity index is 442. The van der Waals surface area contributed by atoms with Crippen molar-refractivity contribution in [2.24, 2.45) is 0 Å². The molecule has 4 heteroatoms. The Kier molecular flexibility index (Phi) is 24.6. The molecule has 0 aromatic rings. The third-order valence-electron chi connectivity index (χ3n) is 7.09. The molecule has 0 fully saturated rings. The van der Waals surface area contributed by atoms with E-state index in [-0.39, 0.29) is 0 Å². The van der Waals surface area contributed by atoms with Gasteiger partial charge in [-0.05, 0) is 59.0 Å². The molecule has 0 rings (SSSR count). The second kappa shape index (κ2) is 24.4. The van der Waals surface area contributed by atoms with Crippen molar-refractivity contribution >= 4 is 16.6 Å². The molecule has 218 valence electrons. The molecule has 36 heavy (non-hydrogen) atoms. The smallest absolute Gasteiger partial charge is 0.184 e. The minimum absolute atomic E-state index is 0.465. The molecule has 0 amide bonds. The maximum Gasteiger partial charge on any atom is 0.184 e. The predicted molar refractivity (Wildman–Crippen MR) is 169 cm³/mol. The molecule has 0 aromatic heterocycles. The SMILES string of the molecule is CC(CCCCCCCCCCCCCCCCCCCCCCCCO[Si](C)(C)C)O[Si](C)(C)C. The molecular weight excluding hydrogens is 473 g/mol. The van der Waals surface area contributed by atoms with Gasteiger partial charge in [0.2, 0.25) is 0 Å². The fourth-order valence-corrected chi connectivity index (χ4v) is 7.19. The van der Waals surface area contributed by atoms with Crippen LogP contribution in [0.5, 0.6) is 0 Å². The maximum atomic E-state index is 6.13. The van der Waals surface area contributed by atoms with Gasteiger partial charge in [-0.3, -0.25) is 0 Å². The molecule has 2 nitrogen and oxygen atoms in total. The van der Waals surface area contributed by atoms with Gasteiger partial charge in [0.1, 0.15) is 0 Å². The summed E-state index contributed by atoms with van der Waals surface area (Å²) in [6.07, 6.45) is 33.3. The minimum atomic E-state index is -1.35. The summed E-state index contributed by atoms with van der Waals surface area (Å²) in [6, 6.07) is 0. The number of hydrogen-bond donors (Lipinski definition) is 0. The second-order valence-corrected chi connectivity index (χ2v) is 22.5. The summed E-state index contributed by atoms with van der Waals surface area (Å²) in [5.41, 5.74) is 0. The van der Waals surface area contributed by atoms with Gasteiger partial charge in [0.25, 0.3) is 0 Å². The highest BCUT2D eigenvalue weighted by Crippen LogP contribution is 2.17. The van der Waals surface area contributed by atoms with Crippen molar-refractivity contribution in [2.45, 2.75) is 200 Å². The predicted octanol–water partition coefficient (Wildman–Crippen LogP) is 12.1. The number of unbranched alkanes of at least 4 members (excludes halogenated alkanes) is 21. The van der Waals surface area contributed by atoms with E-state index in [1.54, 1.807) is 0 Å². The lowest BCUT2D eigenvalue weighted by Crippen LogP contribution is -2.30. The summed E-state index contributed by atoms with van der Waals surface area (Å²) < 4.78 is 12.1. The lowest BCUT2D eigenvalue weighted by molar-refractivity contribution is 0.199. The zero-order valence-electron chi connectivity index (χ0n) is 26.4. The first-order valence-corrected chi connectivity index (χ1v) is 23.2. The quantitative estimate of drug-likeness (QED) is 0.0722. The summed E-state index contributed by atoms with van der Waals surface area (Å²) in [5.74, 6) is 0. The van der Waals surface area contributed by atoms with E-state index in [9.17, 15) is 0 Å². The Balaban J connectivity index is 3.12. The highest BCUT2D eigenvalue weighted by atomic mass is 28.4. The van der Waals surface area contributed by atoms with Crippen molar-refractivity contribution in [1.29, 1.82) is 0 Å². The van der Waals surface area contributed by atoms with E-state index in [2.05, 4.69) is 46.2 Å². The van der Waals surface area contributed by atoms with E-state index in [1.807, 2.05) is 0 Å². The minimum Gasteiger partial charge on any atom is -0.418 e. The molecule has 0 spiro atoms. The Morgan fingerprint density at radius 2 is 0.667 bits per heavy atom. The highest BCUT2D eigenvalue weighted by molar-refractivity contribution is 6.70. The highest BCUT2D eigenvalue weighted by Gasteiger charge is 2.17. The zero-order chi connectivity index (χ0) is 27.0. The largest absolute Gasteiger partial charge is 0.418 e. The van der Waals surface area contributed by atoms with Gasteiger partial charge >= 0.3 is 0 Å². The van der Waals surface area contributed by atoms with Crippen molar-refractivity contribution in [1.82, 2.24) is 0 Å². The van der Waals surface area contributed by atoms with Crippen LogP contribution in [0.1, 0.15) is 155 Å². The molecule has 0 N–H and O–H groups in total. The second-order valence-electron chi connectivity index (χ2n) is 13.6. The molecule has 0 aliphatic heterocycles. The van der Waals surface area contributed by atoms with E-state index in [1.165, 1.54) is 148 Å². The first-order chi connectivity index (χ1) is 17.1. The van der Waals surface area contributed by atoms with E-state index < -0.39 is 16.6 Å². The summed E-state index contributed by atoms with van der Waals surface area (Å²) >= 11 is 0. The molecule has 0 aromatic carbocycles. The Hall–Kier alpha value is 0.354. The third-order valence-corrected chi connectivity index (χ3v) is 9.27. The first kappa shape index (κ1) is 36.4. The van der Waals surface area contributed by atoms with Gasteiger partial charge in [0.05, 0.1) is 0 Å². The van der Waals surface area contributed by atoms with E-state index in [0.717, 1.165) is 6.61 Å². The molecule has 1 unspecified atom stereocenters. The van der Waals surface area contributed by atoms with Crippen LogP contribution in [0, 0.1) is 0 Å². The molecule has 0 aliphatic carbocycles. The van der Waals surface area contributed by atoms with Crippen molar-refractivity contribution < 1.29 is 8.85 Å². The third kappa shape index (κ3) is 32.4. The fourth-order valence-electron chi connectivity index (χ4n) is 5.11. The lowest BCUT2D eigenvalue weighted by atomic mass is 10.0. The van der Waals surface area contributed by atoms with Crippen LogP contribution in [0.3, 0.4) is 0 Å². The molecule has 0 radical (unpaired) electrons. The monoisotopic (exact) mass is 542 g/mol. The van der Waals surface area contributed by atoms with Gasteiger partial charge in [-0.1, -0.05) is 135 Å². The summed E-state index contributed by atoms with van der Waals surface area (Å²) in [5, 5.41) is 0. The van der Waals surface area contributed by atoms with Gasteiger partial charge in [-0.2, -0.15) is 0 Å². The molecule has 0 heterocycles. The van der Waals surface area contributed by atoms with Gasteiger partial charge in [-0.15, -0.1) is 0 Å². The zero-order valence-corrected chi connectivity index (χ0v) is 28.4. The van der Waals surface area contributed by atoms with Crippen molar-refractivity contribution in [3.05, 3.63) is 0 Å². The van der Waals surface area contributed by atoms with Crippen LogP contribution in [0.4, 0.5) is 0 Å². The van der Waals surface area contributed by atoms with Gasteiger partial charge < -0.3 is 8.85 Å². The normalized spacial score (nSPS) is 13.4. The Morgan fingerprint density at radius 3 is 0.944 bits per heavy atom. The summed E-state index contributed by atoms with van der Waals surface area (Å²) in [4.78, 5) is 0. The first-order valence-electron chi connectivity index (χ1n) is 16.4. The summed E-state index contributed by atoms with van der Waals surface area (Å²) in [7, 11) is -2.63. The van der Waals surface area contributed by atoms with Crippen LogP contribution in [-0.4, -0.2) is 29.3 Å². The fraction of sp³-hybridized carbons (Fsp3) is 1.00. The lowest BCUT2D eigenvalue weighted by Gasteiger charge is -2.23. The molecule has 0 aliphatic rings. The van der Waals surface area contributed by atoms with E-state index in [0.29, 0.717) is 6.10 Å². The van der Waals surface area contributed by atoms with E-state index in [4.69, 9.17) is 8.85 Å². The summed E-state index contributed by atoms with van der Waals surface area (Å²) in [6.45, 7) is 17.0. The number of rotatable bonds is 28. The topological polar surface area (TPSA) is 18.5 Å². The number of hydrogen-bond acceptors (Lipinski definition) is 2. The van der Waals surface area contributed by atoms with Crippen molar-refractivity contribution in [2.75, 3.05) is 6.61 Å². The average Bonchev–Trinajstić information content (AvgIpc) is 2.77. The van der Waals surface area contributed by atoms with Gasteiger partial charge in [-0.25, -0.2) is 0 Å². The maximum absolute atomic E-state index is 6.13. The molecule has 0 saturated heterocycles. The van der Waals surface area contributed by atoms with Crippen LogP contribution in [-0.2, 0) is 8.85 Å². The molecule has 0 bridgehead atoms. The Morgan fingerprint density at radius 1 is 0.389 bits per heavy atom. The molecular formula is C32H70O2Si2. The van der Waals surface area contributed by atoms with Crippen molar-refractivity contribution in [3.63, 3.8) is 0 Å². The van der Waals surface area contributed by atoms with Crippen LogP contribution in [0.15, 0.2) is 0 Å². The van der Waals surface area contributed by atoms with Crippen LogP contribution < -0.4 is 0 Å². The molecule has 0 saturated carbocycles. The van der Waals surface area contributed by atoms with E-state index >= 15 is 0 Å². The van der Waals surface area contributed by atoms with Crippen molar-refractivity contribution in [3.8, 4) is 0 Å². The van der Waals surface area contributed by atoms with Gasteiger partial charge in [0, 0.05) is 12.7 Å². The standard InChI is InChI=1S/C32H70O2Si2/c1-32(34-36(5,6)7)30-28-26-24-22-20-18-16-14-12-10-8-9-11-13-15-17-19-21-23-25-27-29-31-33-35(2,3)4/h32H,8-31H2,1-7H3. The van der Waals surface area contributed by atoms with Gasteiger partial charge in [0.15, 0.2) is 16.6 Å². The molecule has 1 atom stereocenters. The van der Waals surface area contributed by atoms with Crippen LogP contribution >= 0.6 is 0 Å². The Labute approximate surface area is 231 Å². The average molecular weight is 543 g/mol. The van der Waals surface area contributed by atoms with Crippen LogP contribution in [0.25, 0.3) is 0 Å². The van der Waals surface area contributed by atoms with Crippen LogP contribution in [0.2, 0.25) is 39.3 Å².